The summed E-state index contributed by atoms with van der Waals surface area (Å²) in [5, 5.41) is 7.59. The van der Waals surface area contributed by atoms with E-state index in [0.717, 1.165) is 55.6 Å². The molecular weight excluding hydrogens is 380 g/mol. The summed E-state index contributed by atoms with van der Waals surface area (Å²) < 4.78 is 0. The van der Waals surface area contributed by atoms with Gasteiger partial charge < -0.3 is 15.5 Å². The average molecular weight is 409 g/mol. The minimum absolute atomic E-state index is 0.270. The van der Waals surface area contributed by atoms with E-state index in [1.807, 2.05) is 29.2 Å². The molecule has 2 fully saturated rings. The first kappa shape index (κ1) is 20.3. The molecule has 1 heterocycles. The van der Waals surface area contributed by atoms with E-state index in [9.17, 15) is 4.79 Å². The number of nitrogens with zero attached hydrogens (tertiary/aromatic N) is 2. The average Bonchev–Trinajstić information content (AvgIpc) is 3.37. The summed E-state index contributed by atoms with van der Waals surface area (Å²) in [6.07, 6.45) is 5.54. The number of amides is 1. The third kappa shape index (κ3) is 6.04. The highest BCUT2D eigenvalue weighted by atomic mass is 35.5. The zero-order valence-electron chi connectivity index (χ0n) is 15.9. The van der Waals surface area contributed by atoms with E-state index in [-0.39, 0.29) is 12.0 Å². The van der Waals surface area contributed by atoms with Crippen LogP contribution >= 0.6 is 23.4 Å². The van der Waals surface area contributed by atoms with Crippen molar-refractivity contribution in [3.05, 3.63) is 29.3 Å². The largest absolute Gasteiger partial charge is 0.356 e. The monoisotopic (exact) mass is 408 g/mol. The predicted molar refractivity (Wildman–Crippen MR) is 114 cm³/mol. The Morgan fingerprint density at radius 3 is 2.70 bits per heavy atom. The molecule has 1 aromatic carbocycles. The molecule has 148 valence electrons. The van der Waals surface area contributed by atoms with Gasteiger partial charge in [-0.15, -0.1) is 11.8 Å². The summed E-state index contributed by atoms with van der Waals surface area (Å²) in [6, 6.07) is 8.18. The first-order valence-corrected chi connectivity index (χ1v) is 11.2. The highest BCUT2D eigenvalue weighted by molar-refractivity contribution is 7.99. The van der Waals surface area contributed by atoms with Gasteiger partial charge in [0.1, 0.15) is 0 Å². The molecule has 1 unspecified atom stereocenters. The lowest BCUT2D eigenvalue weighted by Gasteiger charge is -2.21. The lowest BCUT2D eigenvalue weighted by atomic mass is 10.1. The van der Waals surface area contributed by atoms with Crippen LogP contribution in [0.25, 0.3) is 0 Å². The second kappa shape index (κ2) is 10.2. The van der Waals surface area contributed by atoms with Crippen LogP contribution in [0.1, 0.15) is 32.1 Å². The van der Waals surface area contributed by atoms with Crippen LogP contribution in [0, 0.1) is 5.92 Å². The van der Waals surface area contributed by atoms with E-state index >= 15 is 0 Å². The topological polar surface area (TPSA) is 56.7 Å². The fourth-order valence-corrected chi connectivity index (χ4v) is 4.66. The molecule has 27 heavy (non-hydrogen) atoms. The van der Waals surface area contributed by atoms with Crippen molar-refractivity contribution in [1.29, 1.82) is 0 Å². The van der Waals surface area contributed by atoms with Crippen molar-refractivity contribution in [2.75, 3.05) is 32.4 Å². The fourth-order valence-electron chi connectivity index (χ4n) is 3.77. The van der Waals surface area contributed by atoms with Crippen LogP contribution in [0.5, 0.6) is 0 Å². The molecule has 2 N–H and O–H groups in total. The number of nitrogens with one attached hydrogen (secondary N) is 2. The molecule has 0 bridgehead atoms. The van der Waals surface area contributed by atoms with Gasteiger partial charge in [-0.2, -0.15) is 0 Å². The minimum atomic E-state index is 0.270. The Morgan fingerprint density at radius 2 is 2.00 bits per heavy atom. The van der Waals surface area contributed by atoms with E-state index < -0.39 is 0 Å². The molecule has 0 aromatic heterocycles. The maximum Gasteiger partial charge on any atom is 0.225 e. The van der Waals surface area contributed by atoms with Crippen LogP contribution in [0.2, 0.25) is 5.02 Å². The Balaban J connectivity index is 1.36. The fraction of sp³-hybridized carbons (Fsp3) is 0.600. The molecule has 1 aliphatic carbocycles. The van der Waals surface area contributed by atoms with Crippen molar-refractivity contribution < 1.29 is 4.79 Å². The second-order valence-corrected chi connectivity index (χ2v) is 8.80. The van der Waals surface area contributed by atoms with Gasteiger partial charge in [-0.3, -0.25) is 9.79 Å². The quantitative estimate of drug-likeness (QED) is 0.328. The summed E-state index contributed by atoms with van der Waals surface area (Å²) in [7, 11) is 1.79. The number of hydrogen-bond donors (Lipinski definition) is 2. The lowest BCUT2D eigenvalue weighted by Crippen LogP contribution is -2.45. The number of benzene rings is 1. The lowest BCUT2D eigenvalue weighted by molar-refractivity contribution is -0.134. The Labute approximate surface area is 171 Å². The maximum atomic E-state index is 12.6. The van der Waals surface area contributed by atoms with E-state index in [1.54, 1.807) is 18.8 Å². The molecule has 3 rings (SSSR count). The van der Waals surface area contributed by atoms with Crippen LogP contribution in [0.15, 0.2) is 34.2 Å². The highest BCUT2D eigenvalue weighted by Gasteiger charge is 2.32. The van der Waals surface area contributed by atoms with Crippen molar-refractivity contribution in [1.82, 2.24) is 15.5 Å². The summed E-state index contributed by atoms with van der Waals surface area (Å²) in [5.41, 5.74) is 0. The maximum absolute atomic E-state index is 12.6. The van der Waals surface area contributed by atoms with Crippen molar-refractivity contribution in [3.8, 4) is 0 Å². The molecule has 1 amide bonds. The molecule has 2 aliphatic rings. The Hall–Kier alpha value is -1.40. The number of aliphatic imine (C=N–C) groups is 1. The number of hydrogen-bond acceptors (Lipinski definition) is 3. The Morgan fingerprint density at radius 1 is 1.26 bits per heavy atom. The summed E-state index contributed by atoms with van der Waals surface area (Å²) in [4.78, 5) is 20.1. The van der Waals surface area contributed by atoms with Gasteiger partial charge in [0.15, 0.2) is 5.96 Å². The molecule has 1 saturated carbocycles. The molecule has 1 aliphatic heterocycles. The molecule has 1 saturated heterocycles. The van der Waals surface area contributed by atoms with E-state index in [0.29, 0.717) is 5.91 Å². The molecular formula is C20H29ClN4OS. The number of carbonyl (C=O) groups is 1. The number of likely N-dealkylation sites (tertiary alicyclic amines) is 1. The molecule has 5 nitrogen and oxygen atoms in total. The highest BCUT2D eigenvalue weighted by Crippen LogP contribution is 2.27. The van der Waals surface area contributed by atoms with Gasteiger partial charge in [-0.1, -0.05) is 24.4 Å². The van der Waals surface area contributed by atoms with E-state index in [1.165, 1.54) is 17.7 Å². The van der Waals surface area contributed by atoms with Gasteiger partial charge in [-0.05, 0) is 43.5 Å². The smallest absolute Gasteiger partial charge is 0.225 e. The van der Waals surface area contributed by atoms with Crippen LogP contribution in [0.4, 0.5) is 0 Å². The zero-order chi connectivity index (χ0) is 19.1. The number of thioether (sulfide) groups is 1. The number of rotatable bonds is 6. The molecule has 0 radical (unpaired) electrons. The first-order valence-electron chi connectivity index (χ1n) is 9.80. The summed E-state index contributed by atoms with van der Waals surface area (Å²) in [5.74, 6) is 2.39. The third-order valence-corrected chi connectivity index (χ3v) is 6.51. The first-order chi connectivity index (χ1) is 13.2. The van der Waals surface area contributed by atoms with Gasteiger partial charge in [0.05, 0.1) is 0 Å². The van der Waals surface area contributed by atoms with Crippen LogP contribution in [-0.2, 0) is 4.79 Å². The van der Waals surface area contributed by atoms with Gasteiger partial charge in [-0.25, -0.2) is 0 Å². The number of guanidine groups is 1. The van der Waals surface area contributed by atoms with Gasteiger partial charge in [0.25, 0.3) is 0 Å². The minimum Gasteiger partial charge on any atom is -0.356 e. The van der Waals surface area contributed by atoms with Gasteiger partial charge in [0.2, 0.25) is 5.91 Å². The summed E-state index contributed by atoms with van der Waals surface area (Å²) in [6.45, 7) is 2.47. The normalized spacial score (nSPS) is 20.9. The third-order valence-electron chi connectivity index (χ3n) is 5.25. The van der Waals surface area contributed by atoms with Crippen molar-refractivity contribution in [2.24, 2.45) is 10.9 Å². The van der Waals surface area contributed by atoms with Crippen LogP contribution in [0.3, 0.4) is 0 Å². The van der Waals surface area contributed by atoms with Crippen molar-refractivity contribution in [2.45, 2.75) is 43.0 Å². The molecule has 0 spiro atoms. The standard InChI is InChI=1S/C20H29ClN4OS/c1-22-20(23-11-13-27-18-8-6-16(21)7-9-18)24-17-10-12-25(14-17)19(26)15-4-2-3-5-15/h6-9,15,17H,2-5,10-14H2,1H3,(H2,22,23,24). The van der Waals surface area contributed by atoms with Crippen molar-refractivity contribution >= 4 is 35.2 Å². The van der Waals surface area contributed by atoms with Crippen LogP contribution in [-0.4, -0.2) is 55.2 Å². The van der Waals surface area contributed by atoms with Crippen molar-refractivity contribution in [3.63, 3.8) is 0 Å². The Kier molecular flexibility index (Phi) is 7.70. The molecule has 7 heteroatoms. The van der Waals surface area contributed by atoms with Gasteiger partial charge >= 0.3 is 0 Å². The second-order valence-electron chi connectivity index (χ2n) is 7.20. The van der Waals surface area contributed by atoms with E-state index in [4.69, 9.17) is 11.6 Å². The van der Waals surface area contributed by atoms with E-state index in [2.05, 4.69) is 15.6 Å². The predicted octanol–water partition coefficient (Wildman–Crippen LogP) is 3.39. The Bertz CT molecular complexity index is 646. The van der Waals surface area contributed by atoms with Crippen LogP contribution < -0.4 is 10.6 Å². The van der Waals surface area contributed by atoms with Gasteiger partial charge in [0, 0.05) is 54.3 Å². The molecule has 1 aromatic rings. The zero-order valence-corrected chi connectivity index (χ0v) is 17.5. The summed E-state index contributed by atoms with van der Waals surface area (Å²) >= 11 is 7.70. The SMILES string of the molecule is CN=C(NCCSc1ccc(Cl)cc1)NC1CCN(C(=O)C2CCCC2)C1. The molecule has 1 atom stereocenters. The number of halogens is 1. The number of carbonyl (C=O) groups excluding carboxylic acids is 1.